The van der Waals surface area contributed by atoms with Crippen LogP contribution in [0.15, 0.2) is 6.07 Å². The molecule has 0 aliphatic carbocycles. The Morgan fingerprint density at radius 2 is 2.54 bits per heavy atom. The lowest BCUT2D eigenvalue weighted by Gasteiger charge is -2.07. The fourth-order valence-electron chi connectivity index (χ4n) is 1.49. The van der Waals surface area contributed by atoms with Gasteiger partial charge in [-0.25, -0.2) is 0 Å². The molecule has 0 saturated carbocycles. The van der Waals surface area contributed by atoms with Crippen LogP contribution in [0.2, 0.25) is 0 Å². The third-order valence-electron chi connectivity index (χ3n) is 2.40. The zero-order chi connectivity index (χ0) is 9.26. The first-order valence-electron chi connectivity index (χ1n) is 4.60. The molecule has 72 valence electrons. The minimum atomic E-state index is 0.439. The van der Waals surface area contributed by atoms with Gasteiger partial charge in [-0.2, -0.15) is 5.10 Å². The summed E-state index contributed by atoms with van der Waals surface area (Å²) >= 11 is 0. The molecule has 1 atom stereocenters. The van der Waals surface area contributed by atoms with Gasteiger partial charge in [-0.3, -0.25) is 4.68 Å². The minimum Gasteiger partial charge on any atom is -0.379 e. The molecule has 0 bridgehead atoms. The summed E-state index contributed by atoms with van der Waals surface area (Å²) in [5.74, 6) is 0.954. The molecule has 4 heteroatoms. The molecule has 1 aliphatic heterocycles. The molecule has 1 saturated heterocycles. The molecule has 0 radical (unpaired) electrons. The van der Waals surface area contributed by atoms with Crippen LogP contribution in [0, 0.1) is 6.92 Å². The van der Waals surface area contributed by atoms with E-state index in [4.69, 9.17) is 4.74 Å². The molecular formula is C9H15N3O. The number of aryl methyl sites for hydroxylation is 2. The van der Waals surface area contributed by atoms with Crippen LogP contribution in [-0.2, 0) is 11.8 Å². The zero-order valence-corrected chi connectivity index (χ0v) is 8.08. The number of aromatic nitrogens is 2. The number of ether oxygens (including phenoxy) is 1. The van der Waals surface area contributed by atoms with Gasteiger partial charge in [0.15, 0.2) is 0 Å². The Morgan fingerprint density at radius 1 is 1.69 bits per heavy atom. The third kappa shape index (κ3) is 1.83. The number of nitrogens with one attached hydrogen (secondary N) is 1. The monoisotopic (exact) mass is 181 g/mol. The Labute approximate surface area is 77.9 Å². The Bertz CT molecular complexity index is 270. The fourth-order valence-corrected chi connectivity index (χ4v) is 1.49. The van der Waals surface area contributed by atoms with Gasteiger partial charge in [0, 0.05) is 25.4 Å². The molecule has 13 heavy (non-hydrogen) atoms. The van der Waals surface area contributed by atoms with Gasteiger partial charge >= 0.3 is 0 Å². The number of rotatable bonds is 2. The van der Waals surface area contributed by atoms with Crippen LogP contribution in [0.5, 0.6) is 0 Å². The summed E-state index contributed by atoms with van der Waals surface area (Å²) in [6.45, 7) is 3.71. The Balaban J connectivity index is 2.00. The second kappa shape index (κ2) is 3.38. The summed E-state index contributed by atoms with van der Waals surface area (Å²) in [5.41, 5.74) is 1.17. The largest absolute Gasteiger partial charge is 0.379 e. The van der Waals surface area contributed by atoms with E-state index in [-0.39, 0.29) is 0 Å². The molecule has 1 fully saturated rings. The van der Waals surface area contributed by atoms with E-state index in [1.165, 1.54) is 5.69 Å². The summed E-state index contributed by atoms with van der Waals surface area (Å²) in [5, 5.41) is 7.67. The van der Waals surface area contributed by atoms with Gasteiger partial charge < -0.3 is 10.1 Å². The van der Waals surface area contributed by atoms with Crippen molar-refractivity contribution in [3.05, 3.63) is 11.8 Å². The van der Waals surface area contributed by atoms with E-state index in [0.717, 1.165) is 25.5 Å². The molecule has 1 N–H and O–H groups in total. The second-order valence-electron chi connectivity index (χ2n) is 3.50. The van der Waals surface area contributed by atoms with Crippen molar-refractivity contribution in [2.45, 2.75) is 19.4 Å². The van der Waals surface area contributed by atoms with E-state index in [0.29, 0.717) is 6.04 Å². The van der Waals surface area contributed by atoms with Crippen molar-refractivity contribution in [3.8, 4) is 0 Å². The first-order valence-corrected chi connectivity index (χ1v) is 4.60. The fraction of sp³-hybridized carbons (Fsp3) is 0.667. The first kappa shape index (κ1) is 8.56. The SMILES string of the molecule is Cc1cc(NC2CCOC2)nn1C. The van der Waals surface area contributed by atoms with Gasteiger partial charge in [-0.15, -0.1) is 0 Å². The second-order valence-corrected chi connectivity index (χ2v) is 3.50. The highest BCUT2D eigenvalue weighted by molar-refractivity contribution is 5.36. The highest BCUT2D eigenvalue weighted by Gasteiger charge is 2.16. The highest BCUT2D eigenvalue weighted by Crippen LogP contribution is 2.12. The molecule has 0 amide bonds. The molecule has 1 aromatic heterocycles. The minimum absolute atomic E-state index is 0.439. The molecule has 1 unspecified atom stereocenters. The van der Waals surface area contributed by atoms with E-state index in [1.807, 2.05) is 18.7 Å². The van der Waals surface area contributed by atoms with Gasteiger partial charge in [0.25, 0.3) is 0 Å². The Morgan fingerprint density at radius 3 is 3.08 bits per heavy atom. The van der Waals surface area contributed by atoms with Crippen molar-refractivity contribution in [2.75, 3.05) is 18.5 Å². The highest BCUT2D eigenvalue weighted by atomic mass is 16.5. The zero-order valence-electron chi connectivity index (χ0n) is 8.08. The van der Waals surface area contributed by atoms with Crippen LogP contribution in [0.25, 0.3) is 0 Å². The predicted molar refractivity (Wildman–Crippen MR) is 50.8 cm³/mol. The van der Waals surface area contributed by atoms with E-state index in [9.17, 15) is 0 Å². The standard InChI is InChI=1S/C9H15N3O/c1-7-5-9(11-12(7)2)10-8-3-4-13-6-8/h5,8H,3-4,6H2,1-2H3,(H,10,11). The number of anilines is 1. The van der Waals surface area contributed by atoms with Crippen molar-refractivity contribution in [2.24, 2.45) is 7.05 Å². The number of nitrogens with zero attached hydrogens (tertiary/aromatic N) is 2. The lowest BCUT2D eigenvalue weighted by Crippen LogP contribution is -2.19. The molecular weight excluding hydrogens is 166 g/mol. The maximum absolute atomic E-state index is 5.27. The first-order chi connectivity index (χ1) is 6.25. The van der Waals surface area contributed by atoms with Crippen LogP contribution < -0.4 is 5.32 Å². The molecule has 1 aromatic rings. The van der Waals surface area contributed by atoms with Crippen LogP contribution in [-0.4, -0.2) is 29.0 Å². The Hall–Kier alpha value is -1.03. The van der Waals surface area contributed by atoms with Crippen LogP contribution in [0.3, 0.4) is 0 Å². The van der Waals surface area contributed by atoms with Crippen LogP contribution in [0.1, 0.15) is 12.1 Å². The lowest BCUT2D eigenvalue weighted by molar-refractivity contribution is 0.195. The van der Waals surface area contributed by atoms with Crippen molar-refractivity contribution in [3.63, 3.8) is 0 Å². The normalized spacial score (nSPS) is 22.2. The summed E-state index contributed by atoms with van der Waals surface area (Å²) in [6.07, 6.45) is 1.08. The predicted octanol–water partition coefficient (Wildman–Crippen LogP) is 0.929. The van der Waals surface area contributed by atoms with Gasteiger partial charge in [0.2, 0.25) is 0 Å². The number of hydrogen-bond acceptors (Lipinski definition) is 3. The van der Waals surface area contributed by atoms with Crippen molar-refractivity contribution in [1.29, 1.82) is 0 Å². The summed E-state index contributed by atoms with van der Waals surface area (Å²) < 4.78 is 7.14. The van der Waals surface area contributed by atoms with E-state index < -0.39 is 0 Å². The molecule has 1 aliphatic rings. The summed E-state index contributed by atoms with van der Waals surface area (Å²) in [7, 11) is 1.95. The van der Waals surface area contributed by atoms with Crippen LogP contribution >= 0.6 is 0 Å². The molecule has 4 nitrogen and oxygen atoms in total. The van der Waals surface area contributed by atoms with E-state index in [2.05, 4.69) is 16.5 Å². The van der Waals surface area contributed by atoms with Crippen LogP contribution in [0.4, 0.5) is 5.82 Å². The smallest absolute Gasteiger partial charge is 0.148 e. The van der Waals surface area contributed by atoms with E-state index in [1.54, 1.807) is 0 Å². The maximum atomic E-state index is 5.27. The average molecular weight is 181 g/mol. The van der Waals surface area contributed by atoms with Gasteiger partial charge in [-0.05, 0) is 13.3 Å². The summed E-state index contributed by atoms with van der Waals surface area (Å²) in [4.78, 5) is 0. The molecule has 0 aromatic carbocycles. The third-order valence-corrected chi connectivity index (χ3v) is 2.40. The molecule has 2 heterocycles. The topological polar surface area (TPSA) is 39.1 Å². The van der Waals surface area contributed by atoms with Crippen molar-refractivity contribution in [1.82, 2.24) is 9.78 Å². The van der Waals surface area contributed by atoms with Crippen molar-refractivity contribution >= 4 is 5.82 Å². The summed E-state index contributed by atoms with van der Waals surface area (Å²) in [6, 6.07) is 2.49. The maximum Gasteiger partial charge on any atom is 0.148 e. The Kier molecular flexibility index (Phi) is 2.22. The molecule has 2 rings (SSSR count). The van der Waals surface area contributed by atoms with Gasteiger partial charge in [-0.1, -0.05) is 0 Å². The lowest BCUT2D eigenvalue weighted by atomic mass is 10.2. The van der Waals surface area contributed by atoms with Gasteiger partial charge in [0.05, 0.1) is 12.6 Å². The van der Waals surface area contributed by atoms with Crippen molar-refractivity contribution < 1.29 is 4.74 Å². The number of hydrogen-bond donors (Lipinski definition) is 1. The molecule has 0 spiro atoms. The van der Waals surface area contributed by atoms with E-state index >= 15 is 0 Å². The van der Waals surface area contributed by atoms with Gasteiger partial charge in [0.1, 0.15) is 5.82 Å². The average Bonchev–Trinajstić information content (AvgIpc) is 2.64. The quantitative estimate of drug-likeness (QED) is 0.737.